The van der Waals surface area contributed by atoms with Gasteiger partial charge in [0.25, 0.3) is 0 Å². The van der Waals surface area contributed by atoms with Crippen LogP contribution in [0.3, 0.4) is 0 Å². The quantitative estimate of drug-likeness (QED) is 0.0783. The Kier molecular flexibility index (Phi) is 23.3. The fourth-order valence-corrected chi connectivity index (χ4v) is 6.09. The molecule has 0 heterocycles. The van der Waals surface area contributed by atoms with Crippen LogP contribution in [0.4, 0.5) is 0 Å². The van der Waals surface area contributed by atoms with Crippen LogP contribution in [0.5, 0.6) is 0 Å². The predicted molar refractivity (Wildman–Crippen MR) is 179 cm³/mol. The van der Waals surface area contributed by atoms with Gasteiger partial charge in [-0.05, 0) is 67.7 Å². The van der Waals surface area contributed by atoms with Crippen molar-refractivity contribution in [1.82, 2.24) is 0 Å². The number of carbonyl (C=O) groups is 2. The molecule has 0 aromatic heterocycles. The number of carboxylic acids is 1. The van der Waals surface area contributed by atoms with E-state index in [0.717, 1.165) is 69.8 Å². The van der Waals surface area contributed by atoms with E-state index in [0.29, 0.717) is 6.61 Å². The van der Waals surface area contributed by atoms with Gasteiger partial charge in [-0.3, -0.25) is 0 Å². The molecule has 0 aliphatic rings. The minimum Gasteiger partial charge on any atom is -0.478 e. The first kappa shape index (κ1) is 38.2. The first-order valence-electron chi connectivity index (χ1n) is 18.1. The minimum atomic E-state index is -0.983. The third kappa shape index (κ3) is 16.1. The van der Waals surface area contributed by atoms with Crippen molar-refractivity contribution in [2.45, 2.75) is 188 Å². The Morgan fingerprint density at radius 3 is 1.43 bits per heavy atom. The molecular weight excluding hydrogens is 520 g/mol. The van der Waals surface area contributed by atoms with Crippen LogP contribution < -0.4 is 0 Å². The van der Waals surface area contributed by atoms with Crippen LogP contribution in [-0.4, -0.2) is 23.7 Å². The molecule has 0 aliphatic heterocycles. The van der Waals surface area contributed by atoms with Crippen LogP contribution in [0, 0.1) is 0 Å². The first-order valence-corrected chi connectivity index (χ1v) is 18.1. The van der Waals surface area contributed by atoms with Gasteiger partial charge < -0.3 is 9.84 Å². The molecule has 1 N–H and O–H groups in total. The highest BCUT2D eigenvalue weighted by atomic mass is 16.5. The van der Waals surface area contributed by atoms with E-state index in [2.05, 4.69) is 27.7 Å². The van der Waals surface area contributed by atoms with Gasteiger partial charge >= 0.3 is 11.9 Å². The Hall–Kier alpha value is -1.84. The molecule has 0 saturated carbocycles. The zero-order valence-corrected chi connectivity index (χ0v) is 28.1. The molecule has 4 heteroatoms. The fourth-order valence-electron chi connectivity index (χ4n) is 6.09. The van der Waals surface area contributed by atoms with Crippen LogP contribution in [0.25, 0.3) is 0 Å². The van der Waals surface area contributed by atoms with Crippen molar-refractivity contribution in [3.8, 4) is 0 Å². The lowest BCUT2D eigenvalue weighted by Crippen LogP contribution is -2.18. The topological polar surface area (TPSA) is 63.6 Å². The second-order valence-corrected chi connectivity index (χ2v) is 12.5. The molecule has 4 nitrogen and oxygen atoms in total. The SMILES string of the molecule is CCCCCCCCCOC(=O)c1cc(CCCCCCC)c(CCCCCCC)c(CCCCCCC)c1C(=O)O. The van der Waals surface area contributed by atoms with Crippen molar-refractivity contribution in [3.05, 3.63) is 33.9 Å². The fraction of sp³-hybridized carbons (Fsp3) is 0.789. The average molecular weight is 587 g/mol. The molecule has 0 saturated heterocycles. The molecule has 1 rings (SSSR count). The summed E-state index contributed by atoms with van der Waals surface area (Å²) < 4.78 is 5.73. The van der Waals surface area contributed by atoms with E-state index in [1.165, 1.54) is 107 Å². The van der Waals surface area contributed by atoms with Crippen LogP contribution in [0.15, 0.2) is 6.07 Å². The van der Waals surface area contributed by atoms with Gasteiger partial charge in [0, 0.05) is 0 Å². The largest absolute Gasteiger partial charge is 0.478 e. The average Bonchev–Trinajstić information content (AvgIpc) is 2.98. The molecule has 0 amide bonds. The van der Waals surface area contributed by atoms with E-state index in [1.807, 2.05) is 6.07 Å². The van der Waals surface area contributed by atoms with Crippen molar-refractivity contribution >= 4 is 11.9 Å². The summed E-state index contributed by atoms with van der Waals surface area (Å²) in [5.41, 5.74) is 3.83. The number of rotatable bonds is 28. The molecule has 0 bridgehead atoms. The normalized spacial score (nSPS) is 11.2. The third-order valence-electron chi connectivity index (χ3n) is 8.67. The number of hydrogen-bond acceptors (Lipinski definition) is 3. The maximum atomic E-state index is 13.4. The summed E-state index contributed by atoms with van der Waals surface area (Å²) in [6.07, 6.45) is 28.2. The number of carboxylic acid groups (broad SMARTS) is 1. The van der Waals surface area contributed by atoms with Crippen molar-refractivity contribution in [2.75, 3.05) is 6.61 Å². The van der Waals surface area contributed by atoms with Crippen molar-refractivity contribution in [3.63, 3.8) is 0 Å². The third-order valence-corrected chi connectivity index (χ3v) is 8.67. The summed E-state index contributed by atoms with van der Waals surface area (Å²) in [4.78, 5) is 26.2. The Morgan fingerprint density at radius 1 is 0.548 bits per heavy atom. The highest BCUT2D eigenvalue weighted by Gasteiger charge is 2.26. The summed E-state index contributed by atoms with van der Waals surface area (Å²) in [7, 11) is 0. The number of aryl methyl sites for hydroxylation is 1. The summed E-state index contributed by atoms with van der Waals surface area (Å²) in [6, 6.07) is 1.91. The summed E-state index contributed by atoms with van der Waals surface area (Å²) in [5.74, 6) is -1.43. The molecule has 0 atom stereocenters. The lowest BCUT2D eigenvalue weighted by molar-refractivity contribution is 0.0487. The summed E-state index contributed by atoms with van der Waals surface area (Å²) in [5, 5.41) is 10.5. The van der Waals surface area contributed by atoms with E-state index in [1.54, 1.807) is 0 Å². The van der Waals surface area contributed by atoms with E-state index >= 15 is 0 Å². The molecule has 0 unspecified atom stereocenters. The van der Waals surface area contributed by atoms with E-state index in [-0.39, 0.29) is 11.1 Å². The molecule has 1 aromatic carbocycles. The van der Waals surface area contributed by atoms with Crippen molar-refractivity contribution in [1.29, 1.82) is 0 Å². The van der Waals surface area contributed by atoms with Crippen LogP contribution in [0.1, 0.15) is 206 Å². The molecule has 0 aliphatic carbocycles. The van der Waals surface area contributed by atoms with Gasteiger partial charge in [-0.25, -0.2) is 9.59 Å². The van der Waals surface area contributed by atoms with Crippen molar-refractivity contribution < 1.29 is 19.4 Å². The Balaban J connectivity index is 3.24. The Labute approximate surface area is 259 Å². The standard InChI is InChI=1S/C38H66O4/c1-5-9-13-17-18-22-26-30-42-38(41)35-31-32(27-23-19-14-10-6-2)33(28-24-20-15-11-7-3)34(36(35)37(39)40)29-25-21-16-12-8-4/h31H,5-30H2,1-4H3,(H,39,40). The van der Waals surface area contributed by atoms with Gasteiger partial charge in [0.1, 0.15) is 0 Å². The Morgan fingerprint density at radius 2 is 0.952 bits per heavy atom. The smallest absolute Gasteiger partial charge is 0.339 e. The predicted octanol–water partition coefficient (Wildman–Crippen LogP) is 11.8. The number of hydrogen-bond donors (Lipinski definition) is 1. The molecule has 242 valence electrons. The second kappa shape index (κ2) is 25.6. The molecule has 42 heavy (non-hydrogen) atoms. The number of esters is 1. The summed E-state index contributed by atoms with van der Waals surface area (Å²) in [6.45, 7) is 9.27. The zero-order valence-electron chi connectivity index (χ0n) is 28.1. The van der Waals surface area contributed by atoms with Gasteiger partial charge in [0.2, 0.25) is 0 Å². The van der Waals surface area contributed by atoms with Crippen molar-refractivity contribution in [2.24, 2.45) is 0 Å². The van der Waals surface area contributed by atoms with E-state index in [9.17, 15) is 14.7 Å². The van der Waals surface area contributed by atoms with Crippen LogP contribution >= 0.6 is 0 Å². The van der Waals surface area contributed by atoms with Gasteiger partial charge in [0.15, 0.2) is 0 Å². The highest BCUT2D eigenvalue weighted by Crippen LogP contribution is 2.30. The minimum absolute atomic E-state index is 0.216. The summed E-state index contributed by atoms with van der Waals surface area (Å²) >= 11 is 0. The first-order chi connectivity index (χ1) is 20.5. The molecule has 1 aromatic rings. The van der Waals surface area contributed by atoms with Gasteiger partial charge in [-0.1, -0.05) is 143 Å². The number of ether oxygens (including phenoxy) is 1. The molecule has 0 fully saturated rings. The number of unbranched alkanes of at least 4 members (excludes halogenated alkanes) is 18. The maximum absolute atomic E-state index is 13.4. The van der Waals surface area contributed by atoms with Gasteiger partial charge in [-0.15, -0.1) is 0 Å². The number of carbonyl (C=O) groups excluding carboxylic acids is 1. The van der Waals surface area contributed by atoms with Gasteiger partial charge in [0.05, 0.1) is 17.7 Å². The maximum Gasteiger partial charge on any atom is 0.339 e. The Bertz CT molecular complexity index is 844. The molecule has 0 radical (unpaired) electrons. The van der Waals surface area contributed by atoms with Crippen LogP contribution in [0.2, 0.25) is 0 Å². The van der Waals surface area contributed by atoms with E-state index in [4.69, 9.17) is 4.74 Å². The lowest BCUT2D eigenvalue weighted by atomic mass is 9.84. The molecular formula is C38H66O4. The second-order valence-electron chi connectivity index (χ2n) is 12.5. The number of aromatic carboxylic acids is 1. The highest BCUT2D eigenvalue weighted by molar-refractivity contribution is 6.04. The monoisotopic (exact) mass is 586 g/mol. The molecule has 0 spiro atoms. The zero-order chi connectivity index (χ0) is 30.8. The van der Waals surface area contributed by atoms with Crippen LogP contribution in [-0.2, 0) is 24.0 Å². The van der Waals surface area contributed by atoms with E-state index < -0.39 is 11.9 Å². The lowest BCUT2D eigenvalue weighted by Gasteiger charge is -2.21. The number of benzene rings is 1. The van der Waals surface area contributed by atoms with Gasteiger partial charge in [-0.2, -0.15) is 0 Å².